The Morgan fingerprint density at radius 3 is 2.00 bits per heavy atom. The number of carbonyl (C=O) groups excluding carboxylic acids is 4. The maximum absolute atomic E-state index is 12.2. The second-order valence-corrected chi connectivity index (χ2v) is 5.83. The van der Waals surface area contributed by atoms with Gasteiger partial charge in [-0.1, -0.05) is 6.07 Å². The van der Waals surface area contributed by atoms with Crippen LogP contribution in [0.4, 0.5) is 11.4 Å². The van der Waals surface area contributed by atoms with Crippen LogP contribution in [0.1, 0.15) is 27.6 Å². The van der Waals surface area contributed by atoms with Crippen molar-refractivity contribution in [2.24, 2.45) is 0 Å². The number of benzene rings is 2. The molecule has 0 saturated heterocycles. The Kier molecular flexibility index (Phi) is 7.30. The highest BCUT2D eigenvalue weighted by atomic mass is 16.5. The van der Waals surface area contributed by atoms with Gasteiger partial charge in [0.15, 0.2) is 6.61 Å². The molecule has 0 fully saturated rings. The molecule has 2 amide bonds. The number of rotatable bonds is 7. The van der Waals surface area contributed by atoms with Crippen LogP contribution in [0.5, 0.6) is 5.75 Å². The summed E-state index contributed by atoms with van der Waals surface area (Å²) in [5, 5.41) is 5.16. The SMILES string of the molecule is COC(=O)c1cc(NC(=O)COc2cccc(NC(C)=O)c2)cc(C(=O)OC)c1. The van der Waals surface area contributed by atoms with E-state index in [1.54, 1.807) is 24.3 Å². The molecule has 2 N–H and O–H groups in total. The molecule has 0 heterocycles. The number of anilines is 2. The van der Waals surface area contributed by atoms with Crippen molar-refractivity contribution in [1.29, 1.82) is 0 Å². The Hall–Kier alpha value is -3.88. The molecule has 29 heavy (non-hydrogen) atoms. The predicted molar refractivity (Wildman–Crippen MR) is 104 cm³/mol. The first kappa shape index (κ1) is 21.4. The van der Waals surface area contributed by atoms with Crippen LogP contribution in [0.3, 0.4) is 0 Å². The molecule has 9 nitrogen and oxygen atoms in total. The molecule has 0 aliphatic heterocycles. The Bertz CT molecular complexity index is 906. The maximum atomic E-state index is 12.2. The van der Waals surface area contributed by atoms with Crippen LogP contribution < -0.4 is 15.4 Å². The molecule has 2 rings (SSSR count). The van der Waals surface area contributed by atoms with Crippen LogP contribution in [0.2, 0.25) is 0 Å². The number of esters is 2. The number of amides is 2. The summed E-state index contributed by atoms with van der Waals surface area (Å²) in [7, 11) is 2.41. The smallest absolute Gasteiger partial charge is 0.337 e. The number of methoxy groups -OCH3 is 2. The molecular weight excluding hydrogens is 380 g/mol. The van der Waals surface area contributed by atoms with Crippen molar-refractivity contribution in [3.63, 3.8) is 0 Å². The van der Waals surface area contributed by atoms with Gasteiger partial charge < -0.3 is 24.8 Å². The van der Waals surface area contributed by atoms with E-state index in [-0.39, 0.29) is 29.3 Å². The third-order valence-corrected chi connectivity index (χ3v) is 3.58. The zero-order chi connectivity index (χ0) is 21.4. The fraction of sp³-hybridized carbons (Fsp3) is 0.200. The lowest BCUT2D eigenvalue weighted by molar-refractivity contribution is -0.118. The molecule has 0 spiro atoms. The standard InChI is InChI=1S/C20H20N2O7/c1-12(23)21-15-5-4-6-17(10-15)29-11-18(24)22-16-8-13(19(25)27-2)7-14(9-16)20(26)28-3/h4-10H,11H2,1-3H3,(H,21,23)(H,22,24). The lowest BCUT2D eigenvalue weighted by atomic mass is 10.1. The fourth-order valence-corrected chi connectivity index (χ4v) is 2.38. The van der Waals surface area contributed by atoms with Gasteiger partial charge in [0.1, 0.15) is 5.75 Å². The van der Waals surface area contributed by atoms with E-state index in [0.29, 0.717) is 11.4 Å². The Labute approximate surface area is 166 Å². The summed E-state index contributed by atoms with van der Waals surface area (Å²) in [5.74, 6) is -1.71. The summed E-state index contributed by atoms with van der Waals surface area (Å²) >= 11 is 0. The average Bonchev–Trinajstić information content (AvgIpc) is 2.70. The van der Waals surface area contributed by atoms with Gasteiger partial charge in [-0.25, -0.2) is 9.59 Å². The Morgan fingerprint density at radius 2 is 1.45 bits per heavy atom. The van der Waals surface area contributed by atoms with Gasteiger partial charge >= 0.3 is 11.9 Å². The van der Waals surface area contributed by atoms with E-state index in [9.17, 15) is 19.2 Å². The summed E-state index contributed by atoms with van der Waals surface area (Å²) in [4.78, 5) is 46.9. The van der Waals surface area contributed by atoms with E-state index < -0.39 is 17.8 Å². The molecule has 2 aromatic carbocycles. The van der Waals surface area contributed by atoms with Gasteiger partial charge in [0, 0.05) is 24.4 Å². The van der Waals surface area contributed by atoms with Crippen molar-refractivity contribution in [1.82, 2.24) is 0 Å². The lowest BCUT2D eigenvalue weighted by Crippen LogP contribution is -2.21. The van der Waals surface area contributed by atoms with E-state index >= 15 is 0 Å². The second-order valence-electron chi connectivity index (χ2n) is 5.83. The minimum Gasteiger partial charge on any atom is -0.484 e. The summed E-state index contributed by atoms with van der Waals surface area (Å²) in [6.45, 7) is 1.05. The van der Waals surface area contributed by atoms with E-state index in [0.717, 1.165) is 0 Å². The number of carbonyl (C=O) groups is 4. The molecule has 0 aliphatic carbocycles. The molecule has 0 atom stereocenters. The summed E-state index contributed by atoms with van der Waals surface area (Å²) in [5.41, 5.74) is 0.891. The maximum Gasteiger partial charge on any atom is 0.337 e. The Balaban J connectivity index is 2.09. The molecular formula is C20H20N2O7. The van der Waals surface area contributed by atoms with Crippen molar-refractivity contribution in [2.45, 2.75) is 6.92 Å². The topological polar surface area (TPSA) is 120 Å². The van der Waals surface area contributed by atoms with Crippen molar-refractivity contribution < 1.29 is 33.4 Å². The van der Waals surface area contributed by atoms with Crippen LogP contribution >= 0.6 is 0 Å². The minimum absolute atomic E-state index is 0.0784. The molecule has 0 radical (unpaired) electrons. The van der Waals surface area contributed by atoms with Crippen LogP contribution in [0.15, 0.2) is 42.5 Å². The highest BCUT2D eigenvalue weighted by molar-refractivity contribution is 5.99. The van der Waals surface area contributed by atoms with Crippen LogP contribution in [0.25, 0.3) is 0 Å². The normalized spacial score (nSPS) is 9.90. The number of nitrogens with one attached hydrogen (secondary N) is 2. The van der Waals surface area contributed by atoms with Gasteiger partial charge in [0.05, 0.1) is 25.3 Å². The molecule has 0 unspecified atom stereocenters. The Morgan fingerprint density at radius 1 is 0.828 bits per heavy atom. The van der Waals surface area contributed by atoms with Gasteiger partial charge in [0.2, 0.25) is 5.91 Å². The number of hydrogen-bond donors (Lipinski definition) is 2. The number of ether oxygens (including phenoxy) is 3. The largest absolute Gasteiger partial charge is 0.484 e. The molecule has 152 valence electrons. The fourth-order valence-electron chi connectivity index (χ4n) is 2.38. The van der Waals surface area contributed by atoms with E-state index in [1.807, 2.05) is 0 Å². The van der Waals surface area contributed by atoms with Crippen LogP contribution in [-0.2, 0) is 19.1 Å². The highest BCUT2D eigenvalue weighted by Crippen LogP contribution is 2.19. The zero-order valence-electron chi connectivity index (χ0n) is 16.1. The molecule has 2 aromatic rings. The molecule has 0 saturated carbocycles. The average molecular weight is 400 g/mol. The molecule has 0 bridgehead atoms. The third-order valence-electron chi connectivity index (χ3n) is 3.58. The summed E-state index contributed by atoms with van der Waals surface area (Å²) in [6, 6.07) is 10.6. The first-order valence-electron chi connectivity index (χ1n) is 8.44. The van der Waals surface area contributed by atoms with Crippen molar-refractivity contribution in [3.05, 3.63) is 53.6 Å². The predicted octanol–water partition coefficient (Wildman–Crippen LogP) is 2.24. The van der Waals surface area contributed by atoms with E-state index in [2.05, 4.69) is 20.1 Å². The van der Waals surface area contributed by atoms with E-state index in [4.69, 9.17) is 4.74 Å². The van der Waals surface area contributed by atoms with Gasteiger partial charge in [-0.2, -0.15) is 0 Å². The molecule has 9 heteroatoms. The van der Waals surface area contributed by atoms with Gasteiger partial charge in [-0.05, 0) is 30.3 Å². The lowest BCUT2D eigenvalue weighted by Gasteiger charge is -2.11. The zero-order valence-corrected chi connectivity index (χ0v) is 16.1. The first-order valence-corrected chi connectivity index (χ1v) is 8.44. The second kappa shape index (κ2) is 9.88. The van der Waals surface area contributed by atoms with Crippen molar-refractivity contribution in [2.75, 3.05) is 31.5 Å². The molecule has 0 aromatic heterocycles. The van der Waals surface area contributed by atoms with Gasteiger partial charge in [0.25, 0.3) is 5.91 Å². The summed E-state index contributed by atoms with van der Waals surface area (Å²) in [6.07, 6.45) is 0. The monoisotopic (exact) mass is 400 g/mol. The first-order chi connectivity index (χ1) is 13.8. The minimum atomic E-state index is -0.669. The van der Waals surface area contributed by atoms with E-state index in [1.165, 1.54) is 39.3 Å². The molecule has 0 aliphatic rings. The van der Waals surface area contributed by atoms with Crippen molar-refractivity contribution in [3.8, 4) is 5.75 Å². The van der Waals surface area contributed by atoms with Crippen LogP contribution in [0, 0.1) is 0 Å². The van der Waals surface area contributed by atoms with Gasteiger partial charge in [-0.3, -0.25) is 9.59 Å². The van der Waals surface area contributed by atoms with Crippen molar-refractivity contribution >= 4 is 35.1 Å². The third kappa shape index (κ3) is 6.35. The highest BCUT2D eigenvalue weighted by Gasteiger charge is 2.15. The number of hydrogen-bond acceptors (Lipinski definition) is 7. The summed E-state index contributed by atoms with van der Waals surface area (Å²) < 4.78 is 14.7. The quantitative estimate of drug-likeness (QED) is 0.684. The van der Waals surface area contributed by atoms with Gasteiger partial charge in [-0.15, -0.1) is 0 Å². The van der Waals surface area contributed by atoms with Crippen LogP contribution in [-0.4, -0.2) is 44.6 Å².